The highest BCUT2D eigenvalue weighted by molar-refractivity contribution is 6.01. The van der Waals surface area contributed by atoms with Crippen molar-refractivity contribution in [1.29, 1.82) is 0 Å². The Morgan fingerprint density at radius 1 is 1.12 bits per heavy atom. The molecule has 3 heterocycles. The Balaban J connectivity index is 0.00000108. The zero-order chi connectivity index (χ0) is 11.0. The molecule has 0 amide bonds. The van der Waals surface area contributed by atoms with Crippen molar-refractivity contribution in [2.75, 3.05) is 13.1 Å². The fourth-order valence-corrected chi connectivity index (χ4v) is 2.62. The molecule has 3 aliphatic heterocycles. The maximum atomic E-state index is 12.1. The normalized spacial score (nSPS) is 21.8. The molecule has 90 valence electrons. The molecular formula is C14H16ClNO. The Labute approximate surface area is 108 Å². The second-order valence-corrected chi connectivity index (χ2v) is 4.57. The van der Waals surface area contributed by atoms with Crippen molar-refractivity contribution < 1.29 is 4.79 Å². The lowest BCUT2D eigenvalue weighted by molar-refractivity contribution is -0.125. The van der Waals surface area contributed by atoms with Crippen LogP contribution < -0.4 is 0 Å². The Hall–Kier alpha value is -1.28. The van der Waals surface area contributed by atoms with Gasteiger partial charge in [-0.3, -0.25) is 4.79 Å². The summed E-state index contributed by atoms with van der Waals surface area (Å²) in [6, 6.07) is 10.1. The summed E-state index contributed by atoms with van der Waals surface area (Å²) in [6.07, 6.45) is 4.13. The average Bonchev–Trinajstić information content (AvgIpc) is 2.36. The summed E-state index contributed by atoms with van der Waals surface area (Å²) in [6.45, 7) is 2.10. The second-order valence-electron chi connectivity index (χ2n) is 4.57. The van der Waals surface area contributed by atoms with Crippen LogP contribution in [0.1, 0.15) is 18.4 Å². The SMILES string of the molecule is Cl.O=C1/C(=C\c2ccccc2)N2CCC1CC2. The summed E-state index contributed by atoms with van der Waals surface area (Å²) in [7, 11) is 0. The van der Waals surface area contributed by atoms with Crippen LogP contribution in [0.5, 0.6) is 0 Å². The minimum Gasteiger partial charge on any atom is -0.369 e. The molecule has 2 bridgehead atoms. The molecule has 4 rings (SSSR count). The highest BCUT2D eigenvalue weighted by Gasteiger charge is 2.36. The summed E-state index contributed by atoms with van der Waals surface area (Å²) in [4.78, 5) is 14.3. The molecule has 3 aliphatic rings. The number of ketones is 1. The number of carbonyl (C=O) groups is 1. The molecule has 1 aromatic carbocycles. The van der Waals surface area contributed by atoms with Crippen LogP contribution >= 0.6 is 12.4 Å². The maximum Gasteiger partial charge on any atom is 0.182 e. The van der Waals surface area contributed by atoms with Gasteiger partial charge in [-0.25, -0.2) is 0 Å². The number of rotatable bonds is 1. The van der Waals surface area contributed by atoms with Crippen molar-refractivity contribution in [2.24, 2.45) is 5.92 Å². The Kier molecular flexibility index (Phi) is 3.53. The highest BCUT2D eigenvalue weighted by atomic mass is 35.5. The average molecular weight is 250 g/mol. The third kappa shape index (κ3) is 2.22. The van der Waals surface area contributed by atoms with Gasteiger partial charge < -0.3 is 4.90 Å². The first-order valence-electron chi connectivity index (χ1n) is 5.90. The van der Waals surface area contributed by atoms with E-state index in [-0.39, 0.29) is 12.4 Å². The van der Waals surface area contributed by atoms with E-state index in [4.69, 9.17) is 0 Å². The van der Waals surface area contributed by atoms with Gasteiger partial charge >= 0.3 is 0 Å². The summed E-state index contributed by atoms with van der Waals surface area (Å²) in [5.74, 6) is 0.640. The standard InChI is InChI=1S/C14H15NO.ClH/c16-14-12-6-8-15(9-7-12)13(14)10-11-4-2-1-3-5-11;/h1-5,10,12H,6-9H2;1H/b13-10+;. The quantitative estimate of drug-likeness (QED) is 0.714. The molecule has 3 saturated heterocycles. The first kappa shape index (κ1) is 12.2. The largest absolute Gasteiger partial charge is 0.369 e. The van der Waals surface area contributed by atoms with Gasteiger partial charge in [0.1, 0.15) is 0 Å². The van der Waals surface area contributed by atoms with E-state index in [0.717, 1.165) is 37.2 Å². The van der Waals surface area contributed by atoms with Gasteiger partial charge in [0.15, 0.2) is 5.78 Å². The van der Waals surface area contributed by atoms with E-state index in [0.29, 0.717) is 11.7 Å². The molecule has 3 fully saturated rings. The van der Waals surface area contributed by atoms with Crippen LogP contribution in [0.15, 0.2) is 36.0 Å². The number of hydrogen-bond donors (Lipinski definition) is 0. The number of halogens is 1. The minimum absolute atomic E-state index is 0. The number of hydrogen-bond acceptors (Lipinski definition) is 2. The molecule has 0 atom stereocenters. The summed E-state index contributed by atoms with van der Waals surface area (Å²) in [5.41, 5.74) is 2.05. The van der Waals surface area contributed by atoms with Gasteiger partial charge in [-0.05, 0) is 24.5 Å². The van der Waals surface area contributed by atoms with Crippen molar-refractivity contribution in [2.45, 2.75) is 12.8 Å². The van der Waals surface area contributed by atoms with Crippen molar-refractivity contribution >= 4 is 24.3 Å². The molecule has 0 radical (unpaired) electrons. The topological polar surface area (TPSA) is 20.3 Å². The number of fused-ring (bicyclic) bond motifs is 3. The van der Waals surface area contributed by atoms with E-state index >= 15 is 0 Å². The number of Topliss-reactive ketones (excluding diaryl/α,β-unsaturated/α-hetero) is 1. The molecule has 3 heteroatoms. The Bertz CT molecular complexity index is 433. The fraction of sp³-hybridized carbons (Fsp3) is 0.357. The predicted molar refractivity (Wildman–Crippen MR) is 71.0 cm³/mol. The molecule has 0 aliphatic carbocycles. The smallest absolute Gasteiger partial charge is 0.182 e. The third-order valence-corrected chi connectivity index (χ3v) is 3.56. The van der Waals surface area contributed by atoms with Gasteiger partial charge in [-0.1, -0.05) is 30.3 Å². The van der Waals surface area contributed by atoms with E-state index in [1.54, 1.807) is 0 Å². The van der Waals surface area contributed by atoms with Crippen molar-refractivity contribution in [3.63, 3.8) is 0 Å². The highest BCUT2D eigenvalue weighted by Crippen LogP contribution is 2.32. The molecule has 0 aromatic heterocycles. The van der Waals surface area contributed by atoms with Crippen LogP contribution in [0.4, 0.5) is 0 Å². The van der Waals surface area contributed by atoms with Gasteiger partial charge in [0.2, 0.25) is 0 Å². The lowest BCUT2D eigenvalue weighted by atomic mass is 9.84. The third-order valence-electron chi connectivity index (χ3n) is 3.56. The summed E-state index contributed by atoms with van der Waals surface area (Å²) < 4.78 is 0. The number of piperidine rings is 3. The van der Waals surface area contributed by atoms with Crippen LogP contribution in [0.2, 0.25) is 0 Å². The zero-order valence-electron chi connectivity index (χ0n) is 9.63. The van der Waals surface area contributed by atoms with Gasteiger partial charge in [0, 0.05) is 19.0 Å². The van der Waals surface area contributed by atoms with Crippen LogP contribution in [-0.4, -0.2) is 23.8 Å². The Morgan fingerprint density at radius 3 is 2.35 bits per heavy atom. The van der Waals surface area contributed by atoms with E-state index in [2.05, 4.69) is 4.90 Å². The van der Waals surface area contributed by atoms with E-state index in [9.17, 15) is 4.79 Å². The predicted octanol–water partition coefficient (Wildman–Crippen LogP) is 2.74. The van der Waals surface area contributed by atoms with Crippen molar-refractivity contribution in [1.82, 2.24) is 4.90 Å². The lowest BCUT2D eigenvalue weighted by Crippen LogP contribution is -2.45. The number of carbonyl (C=O) groups excluding carboxylic acids is 1. The van der Waals surface area contributed by atoms with Gasteiger partial charge in [-0.15, -0.1) is 12.4 Å². The monoisotopic (exact) mass is 249 g/mol. The van der Waals surface area contributed by atoms with Gasteiger partial charge in [0.25, 0.3) is 0 Å². The van der Waals surface area contributed by atoms with E-state index in [1.165, 1.54) is 0 Å². The van der Waals surface area contributed by atoms with Crippen molar-refractivity contribution in [3.05, 3.63) is 41.6 Å². The molecule has 2 nitrogen and oxygen atoms in total. The second kappa shape index (κ2) is 4.92. The zero-order valence-corrected chi connectivity index (χ0v) is 10.5. The number of benzene rings is 1. The first-order chi connectivity index (χ1) is 7.84. The van der Waals surface area contributed by atoms with E-state index in [1.807, 2.05) is 36.4 Å². The number of nitrogens with zero attached hydrogens (tertiary/aromatic N) is 1. The molecule has 1 aromatic rings. The molecular weight excluding hydrogens is 234 g/mol. The molecule has 0 saturated carbocycles. The van der Waals surface area contributed by atoms with Gasteiger partial charge in [-0.2, -0.15) is 0 Å². The fourth-order valence-electron chi connectivity index (χ4n) is 2.62. The van der Waals surface area contributed by atoms with Crippen LogP contribution in [0.3, 0.4) is 0 Å². The Morgan fingerprint density at radius 2 is 1.76 bits per heavy atom. The molecule has 0 N–H and O–H groups in total. The number of allylic oxidation sites excluding steroid dienone is 1. The molecule has 17 heavy (non-hydrogen) atoms. The maximum absolute atomic E-state index is 12.1. The summed E-state index contributed by atoms with van der Waals surface area (Å²) in [5, 5.41) is 0. The molecule has 0 spiro atoms. The van der Waals surface area contributed by atoms with Crippen LogP contribution in [0.25, 0.3) is 6.08 Å². The van der Waals surface area contributed by atoms with Crippen molar-refractivity contribution in [3.8, 4) is 0 Å². The molecule has 0 unspecified atom stereocenters. The van der Waals surface area contributed by atoms with E-state index < -0.39 is 0 Å². The summed E-state index contributed by atoms with van der Waals surface area (Å²) >= 11 is 0. The van der Waals surface area contributed by atoms with Crippen LogP contribution in [0, 0.1) is 5.92 Å². The van der Waals surface area contributed by atoms with Gasteiger partial charge in [0.05, 0.1) is 5.70 Å². The lowest BCUT2D eigenvalue weighted by Gasteiger charge is -2.41. The first-order valence-corrected chi connectivity index (χ1v) is 5.90. The minimum atomic E-state index is 0. The van der Waals surface area contributed by atoms with Crippen LogP contribution in [-0.2, 0) is 4.79 Å².